The third-order valence-corrected chi connectivity index (χ3v) is 5.78. The zero-order chi connectivity index (χ0) is 14.4. The second kappa shape index (κ2) is 5.26. The molecule has 3 unspecified atom stereocenters. The van der Waals surface area contributed by atoms with Gasteiger partial charge in [-0.1, -0.05) is 20.8 Å². The lowest BCUT2D eigenvalue weighted by molar-refractivity contribution is -0.0251. The van der Waals surface area contributed by atoms with Crippen molar-refractivity contribution in [1.29, 1.82) is 0 Å². The molecule has 2 saturated heterocycles. The SMILES string of the molecule is CC(C)(C)C1CN(CC2CCCO2)C(C)(C2CC2)CN1. The van der Waals surface area contributed by atoms with Gasteiger partial charge in [0.1, 0.15) is 0 Å². The van der Waals surface area contributed by atoms with Gasteiger partial charge in [0.15, 0.2) is 0 Å². The molecular weight excluding hydrogens is 248 g/mol. The van der Waals surface area contributed by atoms with E-state index < -0.39 is 0 Å². The molecule has 3 fully saturated rings. The Morgan fingerprint density at radius 2 is 2.00 bits per heavy atom. The zero-order valence-corrected chi connectivity index (χ0v) is 13.7. The maximum absolute atomic E-state index is 5.91. The van der Waals surface area contributed by atoms with Crippen LogP contribution >= 0.6 is 0 Å². The molecule has 3 heteroatoms. The minimum Gasteiger partial charge on any atom is -0.377 e. The third kappa shape index (κ3) is 2.90. The van der Waals surface area contributed by atoms with Gasteiger partial charge >= 0.3 is 0 Å². The van der Waals surface area contributed by atoms with Crippen molar-refractivity contribution in [2.45, 2.75) is 71.1 Å². The second-order valence-corrected chi connectivity index (χ2v) is 8.47. The summed E-state index contributed by atoms with van der Waals surface area (Å²) in [5.41, 5.74) is 0.688. The first kappa shape index (κ1) is 14.8. The summed E-state index contributed by atoms with van der Waals surface area (Å²) in [5, 5.41) is 3.84. The Hall–Kier alpha value is -0.120. The van der Waals surface area contributed by atoms with Crippen molar-refractivity contribution in [3.8, 4) is 0 Å². The van der Waals surface area contributed by atoms with Gasteiger partial charge < -0.3 is 10.1 Å². The van der Waals surface area contributed by atoms with Gasteiger partial charge in [-0.25, -0.2) is 0 Å². The number of nitrogens with zero attached hydrogens (tertiary/aromatic N) is 1. The molecule has 3 aliphatic rings. The maximum atomic E-state index is 5.91. The van der Waals surface area contributed by atoms with Crippen molar-refractivity contribution in [3.05, 3.63) is 0 Å². The Morgan fingerprint density at radius 3 is 2.55 bits per heavy atom. The molecule has 0 aromatic carbocycles. The number of ether oxygens (including phenoxy) is 1. The molecule has 0 radical (unpaired) electrons. The van der Waals surface area contributed by atoms with Crippen molar-refractivity contribution >= 4 is 0 Å². The van der Waals surface area contributed by atoms with Crippen LogP contribution in [0.2, 0.25) is 0 Å². The smallest absolute Gasteiger partial charge is 0.0703 e. The minimum absolute atomic E-state index is 0.333. The number of piperazine rings is 1. The summed E-state index contributed by atoms with van der Waals surface area (Å²) in [6, 6.07) is 0.593. The van der Waals surface area contributed by atoms with Crippen LogP contribution in [0.4, 0.5) is 0 Å². The van der Waals surface area contributed by atoms with E-state index in [1.165, 1.54) is 32.2 Å². The normalized spacial score (nSPS) is 40.2. The summed E-state index contributed by atoms with van der Waals surface area (Å²) in [6.45, 7) is 14.0. The number of hydrogen-bond acceptors (Lipinski definition) is 3. The summed E-state index contributed by atoms with van der Waals surface area (Å²) >= 11 is 0. The predicted molar refractivity (Wildman–Crippen MR) is 82.9 cm³/mol. The van der Waals surface area contributed by atoms with E-state index >= 15 is 0 Å². The molecule has 2 aliphatic heterocycles. The molecule has 1 saturated carbocycles. The van der Waals surface area contributed by atoms with Crippen LogP contribution in [0.25, 0.3) is 0 Å². The lowest BCUT2D eigenvalue weighted by Crippen LogP contribution is -2.67. The first-order valence-electron chi connectivity index (χ1n) is 8.49. The summed E-state index contributed by atoms with van der Waals surface area (Å²) < 4.78 is 5.91. The van der Waals surface area contributed by atoms with Crippen LogP contribution in [-0.2, 0) is 4.74 Å². The Labute approximate surface area is 124 Å². The van der Waals surface area contributed by atoms with Crippen molar-refractivity contribution in [2.24, 2.45) is 11.3 Å². The molecule has 3 nitrogen and oxygen atoms in total. The average molecular weight is 280 g/mol. The Balaban J connectivity index is 1.71. The molecule has 116 valence electrons. The summed E-state index contributed by atoms with van der Waals surface area (Å²) in [4.78, 5) is 2.77. The summed E-state index contributed by atoms with van der Waals surface area (Å²) in [5.74, 6) is 0.900. The molecule has 3 rings (SSSR count). The molecular formula is C17H32N2O. The van der Waals surface area contributed by atoms with Gasteiger partial charge in [0.25, 0.3) is 0 Å². The van der Waals surface area contributed by atoms with Crippen LogP contribution < -0.4 is 5.32 Å². The van der Waals surface area contributed by atoms with Crippen LogP contribution in [0, 0.1) is 11.3 Å². The minimum atomic E-state index is 0.333. The highest BCUT2D eigenvalue weighted by molar-refractivity contribution is 5.06. The predicted octanol–water partition coefficient (Wildman–Crippen LogP) is 2.65. The van der Waals surface area contributed by atoms with Crippen molar-refractivity contribution in [2.75, 3.05) is 26.2 Å². The zero-order valence-electron chi connectivity index (χ0n) is 13.7. The Bertz CT molecular complexity index is 341. The topological polar surface area (TPSA) is 24.5 Å². The van der Waals surface area contributed by atoms with Crippen LogP contribution in [0.15, 0.2) is 0 Å². The largest absolute Gasteiger partial charge is 0.377 e. The van der Waals surface area contributed by atoms with E-state index in [9.17, 15) is 0 Å². The van der Waals surface area contributed by atoms with E-state index in [1.807, 2.05) is 0 Å². The molecule has 2 heterocycles. The average Bonchev–Trinajstić information content (AvgIpc) is 3.11. The first-order valence-corrected chi connectivity index (χ1v) is 8.49. The fourth-order valence-electron chi connectivity index (χ4n) is 3.94. The quantitative estimate of drug-likeness (QED) is 0.860. The van der Waals surface area contributed by atoms with Crippen molar-refractivity contribution in [1.82, 2.24) is 10.2 Å². The van der Waals surface area contributed by atoms with Gasteiger partial charge in [0, 0.05) is 37.8 Å². The van der Waals surface area contributed by atoms with Crippen LogP contribution in [-0.4, -0.2) is 48.8 Å². The van der Waals surface area contributed by atoms with Crippen LogP contribution in [0.1, 0.15) is 53.4 Å². The lowest BCUT2D eigenvalue weighted by Gasteiger charge is -2.52. The van der Waals surface area contributed by atoms with Crippen molar-refractivity contribution in [3.63, 3.8) is 0 Å². The third-order valence-electron chi connectivity index (χ3n) is 5.78. The number of nitrogens with one attached hydrogen (secondary N) is 1. The van der Waals surface area contributed by atoms with Gasteiger partial charge in [-0.05, 0) is 43.9 Å². The Kier molecular flexibility index (Phi) is 3.89. The van der Waals surface area contributed by atoms with E-state index in [0.29, 0.717) is 23.1 Å². The Morgan fingerprint density at radius 1 is 1.25 bits per heavy atom. The summed E-state index contributed by atoms with van der Waals surface area (Å²) in [7, 11) is 0. The van der Waals surface area contributed by atoms with E-state index in [1.54, 1.807) is 0 Å². The fraction of sp³-hybridized carbons (Fsp3) is 1.00. The highest BCUT2D eigenvalue weighted by atomic mass is 16.5. The molecule has 1 N–H and O–H groups in total. The molecule has 0 aromatic heterocycles. The van der Waals surface area contributed by atoms with E-state index in [0.717, 1.165) is 25.6 Å². The number of hydrogen-bond donors (Lipinski definition) is 1. The molecule has 20 heavy (non-hydrogen) atoms. The van der Waals surface area contributed by atoms with Gasteiger partial charge in [-0.15, -0.1) is 0 Å². The first-order chi connectivity index (χ1) is 9.39. The van der Waals surface area contributed by atoms with E-state index in [-0.39, 0.29) is 0 Å². The maximum Gasteiger partial charge on any atom is 0.0703 e. The molecule has 3 atom stereocenters. The highest BCUT2D eigenvalue weighted by Gasteiger charge is 2.50. The van der Waals surface area contributed by atoms with E-state index in [2.05, 4.69) is 37.9 Å². The lowest BCUT2D eigenvalue weighted by atomic mass is 9.80. The van der Waals surface area contributed by atoms with Crippen LogP contribution in [0.3, 0.4) is 0 Å². The molecule has 0 amide bonds. The number of rotatable bonds is 3. The second-order valence-electron chi connectivity index (χ2n) is 8.47. The molecule has 0 bridgehead atoms. The van der Waals surface area contributed by atoms with E-state index in [4.69, 9.17) is 4.74 Å². The van der Waals surface area contributed by atoms with Gasteiger partial charge in [-0.2, -0.15) is 0 Å². The molecule has 0 spiro atoms. The molecule has 1 aliphatic carbocycles. The standard InChI is InChI=1S/C17H32N2O/c1-16(2,3)15-11-19(10-14-6-5-9-20-14)17(4,12-18-15)13-7-8-13/h13-15,18H,5-12H2,1-4H3. The monoisotopic (exact) mass is 280 g/mol. The highest BCUT2D eigenvalue weighted by Crippen LogP contribution is 2.45. The van der Waals surface area contributed by atoms with Gasteiger partial charge in [0.2, 0.25) is 0 Å². The fourth-order valence-corrected chi connectivity index (χ4v) is 3.94. The van der Waals surface area contributed by atoms with Gasteiger partial charge in [-0.3, -0.25) is 4.90 Å². The summed E-state index contributed by atoms with van der Waals surface area (Å²) in [6.07, 6.45) is 5.82. The molecule has 0 aromatic rings. The van der Waals surface area contributed by atoms with Crippen LogP contribution in [0.5, 0.6) is 0 Å². The van der Waals surface area contributed by atoms with Gasteiger partial charge in [0.05, 0.1) is 6.10 Å². The van der Waals surface area contributed by atoms with Crippen molar-refractivity contribution < 1.29 is 4.74 Å².